The molecule has 19 heavy (non-hydrogen) atoms. The second kappa shape index (κ2) is 4.88. The van der Waals surface area contributed by atoms with Crippen LogP contribution in [-0.2, 0) is 4.79 Å². The topological polar surface area (TPSA) is 29.1 Å². The number of nitrogens with one attached hydrogen (secondary N) is 1. The molecule has 0 spiro atoms. The summed E-state index contributed by atoms with van der Waals surface area (Å²) in [7, 11) is 0. The van der Waals surface area contributed by atoms with Crippen LogP contribution in [0.4, 0.5) is 5.69 Å². The molecule has 3 rings (SSSR count). The van der Waals surface area contributed by atoms with E-state index in [0.29, 0.717) is 5.92 Å². The van der Waals surface area contributed by atoms with Crippen molar-refractivity contribution in [1.82, 2.24) is 0 Å². The van der Waals surface area contributed by atoms with Crippen molar-refractivity contribution in [2.75, 3.05) is 5.32 Å². The summed E-state index contributed by atoms with van der Waals surface area (Å²) in [6.07, 6.45) is 1.01. The van der Waals surface area contributed by atoms with Crippen LogP contribution in [0.25, 0.3) is 11.1 Å². The molecule has 0 aromatic heterocycles. The lowest BCUT2D eigenvalue weighted by Gasteiger charge is -2.11. The summed E-state index contributed by atoms with van der Waals surface area (Å²) in [5.41, 5.74) is 3.10. The van der Waals surface area contributed by atoms with Gasteiger partial charge in [0.2, 0.25) is 5.91 Å². The fourth-order valence-electron chi connectivity index (χ4n) is 2.37. The Morgan fingerprint density at radius 2 is 1.68 bits per heavy atom. The Hall–Kier alpha value is -2.09. The zero-order chi connectivity index (χ0) is 13.2. The van der Waals surface area contributed by atoms with Crippen LogP contribution in [0.5, 0.6) is 0 Å². The molecule has 1 aliphatic carbocycles. The van der Waals surface area contributed by atoms with Crippen LogP contribution in [0.1, 0.15) is 13.3 Å². The maximum Gasteiger partial charge on any atom is 0.227 e. The van der Waals surface area contributed by atoms with Crippen molar-refractivity contribution in [1.29, 1.82) is 0 Å². The van der Waals surface area contributed by atoms with Crippen molar-refractivity contribution >= 4 is 11.6 Å². The first kappa shape index (κ1) is 12.0. The van der Waals surface area contributed by atoms with E-state index in [-0.39, 0.29) is 11.8 Å². The van der Waals surface area contributed by atoms with Gasteiger partial charge in [0.05, 0.1) is 0 Å². The predicted molar refractivity (Wildman–Crippen MR) is 77.8 cm³/mol. The Bertz CT molecular complexity index is 591. The van der Waals surface area contributed by atoms with E-state index < -0.39 is 0 Å². The van der Waals surface area contributed by atoms with Crippen molar-refractivity contribution in [3.8, 4) is 11.1 Å². The number of hydrogen-bond acceptors (Lipinski definition) is 1. The van der Waals surface area contributed by atoms with E-state index in [9.17, 15) is 4.79 Å². The number of carbonyl (C=O) groups is 1. The summed E-state index contributed by atoms with van der Waals surface area (Å²) in [6, 6.07) is 18.1. The van der Waals surface area contributed by atoms with E-state index >= 15 is 0 Å². The Morgan fingerprint density at radius 1 is 1.05 bits per heavy atom. The molecule has 0 aliphatic heterocycles. The minimum absolute atomic E-state index is 0.149. The van der Waals surface area contributed by atoms with Gasteiger partial charge in [-0.05, 0) is 24.0 Å². The molecule has 1 fully saturated rings. The van der Waals surface area contributed by atoms with Crippen LogP contribution in [-0.4, -0.2) is 5.91 Å². The smallest absolute Gasteiger partial charge is 0.227 e. The molecule has 2 atom stereocenters. The third-order valence-electron chi connectivity index (χ3n) is 3.72. The van der Waals surface area contributed by atoms with Crippen LogP contribution in [0, 0.1) is 11.8 Å². The number of carbonyl (C=O) groups excluding carboxylic acids is 1. The summed E-state index contributed by atoms with van der Waals surface area (Å²) in [5, 5.41) is 3.06. The van der Waals surface area contributed by atoms with Crippen LogP contribution < -0.4 is 5.32 Å². The van der Waals surface area contributed by atoms with Gasteiger partial charge in [0.1, 0.15) is 0 Å². The third-order valence-corrected chi connectivity index (χ3v) is 3.72. The van der Waals surface area contributed by atoms with E-state index in [2.05, 4.69) is 24.4 Å². The van der Waals surface area contributed by atoms with Crippen LogP contribution in [0.2, 0.25) is 0 Å². The highest BCUT2D eigenvalue weighted by Gasteiger charge is 2.39. The molecule has 2 nitrogen and oxygen atoms in total. The zero-order valence-electron chi connectivity index (χ0n) is 11.0. The molecule has 1 aliphatic rings. The second-order valence-corrected chi connectivity index (χ2v) is 5.22. The van der Waals surface area contributed by atoms with Gasteiger partial charge in [-0.25, -0.2) is 0 Å². The summed E-state index contributed by atoms with van der Waals surface area (Å²) in [6.45, 7) is 2.12. The van der Waals surface area contributed by atoms with Gasteiger partial charge >= 0.3 is 0 Å². The van der Waals surface area contributed by atoms with Gasteiger partial charge < -0.3 is 5.32 Å². The fourth-order valence-corrected chi connectivity index (χ4v) is 2.37. The lowest BCUT2D eigenvalue weighted by Crippen LogP contribution is -2.15. The standard InChI is InChI=1S/C17H17NO/c1-12-11-15(12)17(19)18-16-10-6-5-9-14(16)13-7-3-2-4-8-13/h2-10,12,15H,11H2,1H3,(H,18,19)/t12-,15+/m0/s1. The van der Waals surface area contributed by atoms with Crippen molar-refractivity contribution in [2.24, 2.45) is 11.8 Å². The van der Waals surface area contributed by atoms with Crippen molar-refractivity contribution in [3.05, 3.63) is 54.6 Å². The average molecular weight is 251 g/mol. The van der Waals surface area contributed by atoms with Crippen LogP contribution in [0.3, 0.4) is 0 Å². The molecule has 1 saturated carbocycles. The average Bonchev–Trinajstić information content (AvgIpc) is 3.18. The number of para-hydroxylation sites is 1. The van der Waals surface area contributed by atoms with Crippen molar-refractivity contribution in [3.63, 3.8) is 0 Å². The van der Waals surface area contributed by atoms with Crippen LogP contribution >= 0.6 is 0 Å². The molecule has 96 valence electrons. The summed E-state index contributed by atoms with van der Waals surface area (Å²) >= 11 is 0. The minimum Gasteiger partial charge on any atom is -0.325 e. The number of rotatable bonds is 3. The monoisotopic (exact) mass is 251 g/mol. The lowest BCUT2D eigenvalue weighted by molar-refractivity contribution is -0.117. The van der Waals surface area contributed by atoms with E-state index in [4.69, 9.17) is 0 Å². The van der Waals surface area contributed by atoms with E-state index in [1.807, 2.05) is 42.5 Å². The number of hydrogen-bond donors (Lipinski definition) is 1. The summed E-state index contributed by atoms with van der Waals surface area (Å²) < 4.78 is 0. The normalized spacial score (nSPS) is 20.9. The summed E-state index contributed by atoms with van der Waals surface area (Å²) in [4.78, 5) is 12.1. The Balaban J connectivity index is 1.88. The highest BCUT2D eigenvalue weighted by Crippen LogP contribution is 2.39. The SMILES string of the molecule is C[C@H]1C[C@H]1C(=O)Nc1ccccc1-c1ccccc1. The fraction of sp³-hybridized carbons (Fsp3) is 0.235. The summed E-state index contributed by atoms with van der Waals surface area (Å²) in [5.74, 6) is 0.878. The molecule has 1 amide bonds. The Morgan fingerprint density at radius 3 is 2.37 bits per heavy atom. The highest BCUT2D eigenvalue weighted by atomic mass is 16.2. The highest BCUT2D eigenvalue weighted by molar-refractivity contribution is 5.98. The molecule has 0 radical (unpaired) electrons. The number of amides is 1. The van der Waals surface area contributed by atoms with E-state index in [1.54, 1.807) is 0 Å². The lowest BCUT2D eigenvalue weighted by atomic mass is 10.0. The number of benzene rings is 2. The first-order chi connectivity index (χ1) is 9.25. The van der Waals surface area contributed by atoms with Gasteiger partial charge in [-0.2, -0.15) is 0 Å². The first-order valence-corrected chi connectivity index (χ1v) is 6.71. The molecule has 1 N–H and O–H groups in total. The second-order valence-electron chi connectivity index (χ2n) is 5.22. The van der Waals surface area contributed by atoms with Gasteiger partial charge in [0.25, 0.3) is 0 Å². The van der Waals surface area contributed by atoms with Crippen LogP contribution in [0.15, 0.2) is 54.6 Å². The molecular formula is C17H17NO. The molecule has 0 bridgehead atoms. The van der Waals surface area contributed by atoms with Gasteiger partial charge in [0, 0.05) is 17.2 Å². The van der Waals surface area contributed by atoms with Gasteiger partial charge in [0.15, 0.2) is 0 Å². The van der Waals surface area contributed by atoms with Gasteiger partial charge in [-0.1, -0.05) is 55.5 Å². The Labute approximate surface area is 113 Å². The molecule has 0 saturated heterocycles. The maximum atomic E-state index is 12.1. The molecule has 2 aromatic rings. The largest absolute Gasteiger partial charge is 0.325 e. The van der Waals surface area contributed by atoms with Crippen molar-refractivity contribution in [2.45, 2.75) is 13.3 Å². The van der Waals surface area contributed by atoms with Gasteiger partial charge in [-0.3, -0.25) is 4.79 Å². The minimum atomic E-state index is 0.149. The number of anilines is 1. The van der Waals surface area contributed by atoms with E-state index in [0.717, 1.165) is 23.2 Å². The zero-order valence-corrected chi connectivity index (χ0v) is 11.0. The maximum absolute atomic E-state index is 12.1. The molecular weight excluding hydrogens is 234 g/mol. The first-order valence-electron chi connectivity index (χ1n) is 6.71. The van der Waals surface area contributed by atoms with E-state index in [1.165, 1.54) is 0 Å². The third kappa shape index (κ3) is 2.53. The molecule has 0 heterocycles. The Kier molecular flexibility index (Phi) is 3.08. The predicted octanol–water partition coefficient (Wildman–Crippen LogP) is 3.95. The van der Waals surface area contributed by atoms with Gasteiger partial charge in [-0.15, -0.1) is 0 Å². The molecule has 2 heteroatoms. The molecule has 0 unspecified atom stereocenters. The van der Waals surface area contributed by atoms with Crippen molar-refractivity contribution < 1.29 is 4.79 Å². The molecule has 2 aromatic carbocycles. The quantitative estimate of drug-likeness (QED) is 0.879.